The topological polar surface area (TPSA) is 154 Å². The van der Waals surface area contributed by atoms with Gasteiger partial charge in [0.2, 0.25) is 0 Å². The summed E-state index contributed by atoms with van der Waals surface area (Å²) in [7, 11) is 1.46. The van der Waals surface area contributed by atoms with E-state index in [4.69, 9.17) is 16.3 Å². The van der Waals surface area contributed by atoms with Gasteiger partial charge < -0.3 is 15.4 Å². The predicted molar refractivity (Wildman–Crippen MR) is 136 cm³/mol. The Morgan fingerprint density at radius 2 is 1.78 bits per heavy atom. The molecule has 2 N–H and O–H groups in total. The number of methoxy groups -OCH3 is 1. The van der Waals surface area contributed by atoms with Crippen LogP contribution in [-0.4, -0.2) is 28.8 Å². The number of nitrogens with one attached hydrogen (secondary N) is 2. The van der Waals surface area contributed by atoms with Gasteiger partial charge in [-0.25, -0.2) is 0 Å². The van der Waals surface area contributed by atoms with Crippen molar-refractivity contribution in [2.45, 2.75) is 0 Å². The molecule has 3 aromatic carbocycles. The highest BCUT2D eigenvalue weighted by molar-refractivity contribution is 9.10. The Hall–Kier alpha value is -4.29. The number of hydrogen-bond acceptors (Lipinski definition) is 7. The number of carbonyl (C=O) groups is 2. The van der Waals surface area contributed by atoms with Crippen LogP contribution in [0.1, 0.15) is 15.9 Å². The molecule has 0 aliphatic rings. The van der Waals surface area contributed by atoms with E-state index in [1.807, 2.05) is 0 Å². The van der Waals surface area contributed by atoms with Crippen molar-refractivity contribution in [2.75, 3.05) is 12.4 Å². The minimum Gasteiger partial charge on any atom is -0.496 e. The van der Waals surface area contributed by atoms with Gasteiger partial charge in [0, 0.05) is 29.4 Å². The first-order chi connectivity index (χ1) is 17.1. The van der Waals surface area contributed by atoms with E-state index in [1.54, 1.807) is 6.07 Å². The number of non-ortho nitro benzene ring substituents is 1. The van der Waals surface area contributed by atoms with E-state index in [-0.39, 0.29) is 33.2 Å². The van der Waals surface area contributed by atoms with Crippen molar-refractivity contribution in [1.82, 2.24) is 5.32 Å². The Morgan fingerprint density at radius 3 is 2.42 bits per heavy atom. The Balaban J connectivity index is 1.97. The van der Waals surface area contributed by atoms with Gasteiger partial charge in [-0.1, -0.05) is 23.7 Å². The highest BCUT2D eigenvalue weighted by Crippen LogP contribution is 2.28. The SMILES string of the molecule is COc1ccc(C(=O)NC(=Cc2cccc([N+](=O)[O-])c2)C(=O)Nc2ccc(Cl)c([N+](=O)[O-])c2)cc1Br. The van der Waals surface area contributed by atoms with Crippen LogP contribution in [0.15, 0.2) is 70.8 Å². The second kappa shape index (κ2) is 11.4. The third-order valence-electron chi connectivity index (χ3n) is 4.70. The second-order valence-electron chi connectivity index (χ2n) is 7.09. The highest BCUT2D eigenvalue weighted by Gasteiger charge is 2.19. The second-order valence-corrected chi connectivity index (χ2v) is 8.35. The van der Waals surface area contributed by atoms with Crippen LogP contribution in [0.2, 0.25) is 5.02 Å². The summed E-state index contributed by atoms with van der Waals surface area (Å²) >= 11 is 9.10. The summed E-state index contributed by atoms with van der Waals surface area (Å²) in [6.07, 6.45) is 1.24. The largest absolute Gasteiger partial charge is 0.496 e. The summed E-state index contributed by atoms with van der Waals surface area (Å²) in [5.74, 6) is -1.01. The van der Waals surface area contributed by atoms with Crippen LogP contribution in [0.25, 0.3) is 6.08 Å². The maximum Gasteiger partial charge on any atom is 0.289 e. The molecule has 3 rings (SSSR count). The maximum atomic E-state index is 13.1. The number of nitro groups is 2. The van der Waals surface area contributed by atoms with Gasteiger partial charge in [0.1, 0.15) is 16.5 Å². The molecule has 0 bridgehead atoms. The minimum absolute atomic E-state index is 0.0440. The number of ether oxygens (including phenoxy) is 1. The van der Waals surface area contributed by atoms with Crippen LogP contribution < -0.4 is 15.4 Å². The van der Waals surface area contributed by atoms with E-state index >= 15 is 0 Å². The first kappa shape index (κ1) is 26.3. The number of halogens is 2. The summed E-state index contributed by atoms with van der Waals surface area (Å²) in [5.41, 5.74) is -0.434. The molecular formula is C23H16BrClN4O7. The molecule has 0 heterocycles. The van der Waals surface area contributed by atoms with Crippen molar-refractivity contribution in [3.8, 4) is 5.75 Å². The van der Waals surface area contributed by atoms with Crippen LogP contribution in [-0.2, 0) is 4.79 Å². The lowest BCUT2D eigenvalue weighted by atomic mass is 10.1. The lowest BCUT2D eigenvalue weighted by Gasteiger charge is -2.12. The number of nitro benzene ring substituents is 2. The van der Waals surface area contributed by atoms with Crippen molar-refractivity contribution in [3.05, 3.63) is 107 Å². The average molecular weight is 576 g/mol. The molecule has 0 saturated carbocycles. The Labute approximate surface area is 217 Å². The standard InChI is InChI=1S/C23H16BrClN4O7/c1-36-21-8-5-14(11-17(21)24)22(30)27-19(10-13-3-2-4-16(9-13)28(32)33)23(31)26-15-6-7-18(25)20(12-15)29(34)35/h2-12H,1H3,(H,26,31)(H,27,30). The fraction of sp³-hybridized carbons (Fsp3) is 0.0435. The summed E-state index contributed by atoms with van der Waals surface area (Å²) in [6.45, 7) is 0. The molecule has 13 heteroatoms. The molecule has 3 aromatic rings. The molecule has 0 atom stereocenters. The zero-order chi connectivity index (χ0) is 26.4. The number of hydrogen-bond donors (Lipinski definition) is 2. The van der Waals surface area contributed by atoms with Crippen molar-refractivity contribution >= 4 is 62.5 Å². The van der Waals surface area contributed by atoms with Crippen LogP contribution >= 0.6 is 27.5 Å². The van der Waals surface area contributed by atoms with Crippen molar-refractivity contribution in [1.29, 1.82) is 0 Å². The van der Waals surface area contributed by atoms with Gasteiger partial charge in [0.25, 0.3) is 23.2 Å². The molecule has 0 fully saturated rings. The van der Waals surface area contributed by atoms with E-state index in [9.17, 15) is 29.8 Å². The van der Waals surface area contributed by atoms with Gasteiger partial charge in [-0.2, -0.15) is 0 Å². The third-order valence-corrected chi connectivity index (χ3v) is 5.64. The molecular weight excluding hydrogens is 560 g/mol. The van der Waals surface area contributed by atoms with Crippen LogP contribution in [0, 0.1) is 20.2 Å². The van der Waals surface area contributed by atoms with Crippen molar-refractivity contribution in [3.63, 3.8) is 0 Å². The van der Waals surface area contributed by atoms with Gasteiger partial charge in [-0.15, -0.1) is 0 Å². The smallest absolute Gasteiger partial charge is 0.289 e. The molecule has 0 radical (unpaired) electrons. The molecule has 184 valence electrons. The molecule has 0 aliphatic carbocycles. The Morgan fingerprint density at radius 1 is 1.03 bits per heavy atom. The van der Waals surface area contributed by atoms with Gasteiger partial charge in [-0.05, 0) is 57.9 Å². The van der Waals surface area contributed by atoms with Gasteiger partial charge in [-0.3, -0.25) is 29.8 Å². The lowest BCUT2D eigenvalue weighted by Crippen LogP contribution is -2.30. The third kappa shape index (κ3) is 6.43. The van der Waals surface area contributed by atoms with Gasteiger partial charge >= 0.3 is 0 Å². The van der Waals surface area contributed by atoms with Crippen molar-refractivity contribution < 1.29 is 24.2 Å². The van der Waals surface area contributed by atoms with Crippen LogP contribution in [0.5, 0.6) is 5.75 Å². The number of carbonyl (C=O) groups excluding carboxylic acids is 2. The molecule has 11 nitrogen and oxygen atoms in total. The lowest BCUT2D eigenvalue weighted by molar-refractivity contribution is -0.385. The minimum atomic E-state index is -0.834. The summed E-state index contributed by atoms with van der Waals surface area (Å²) in [4.78, 5) is 47.0. The molecule has 36 heavy (non-hydrogen) atoms. The fourth-order valence-electron chi connectivity index (χ4n) is 2.98. The Bertz CT molecular complexity index is 1410. The molecule has 0 aliphatic heterocycles. The first-order valence-corrected chi connectivity index (χ1v) is 11.1. The predicted octanol–water partition coefficient (Wildman–Crippen LogP) is 5.34. The summed E-state index contributed by atoms with van der Waals surface area (Å²) < 4.78 is 5.64. The number of benzene rings is 3. The van der Waals surface area contributed by atoms with Crippen LogP contribution in [0.4, 0.5) is 17.1 Å². The molecule has 2 amide bonds. The molecule has 0 unspecified atom stereocenters. The first-order valence-electron chi connectivity index (χ1n) is 9.95. The van der Waals surface area contributed by atoms with E-state index < -0.39 is 27.3 Å². The van der Waals surface area contributed by atoms with Crippen LogP contribution in [0.3, 0.4) is 0 Å². The highest BCUT2D eigenvalue weighted by atomic mass is 79.9. The van der Waals surface area contributed by atoms with E-state index in [1.165, 1.54) is 61.7 Å². The molecule has 0 spiro atoms. The zero-order valence-electron chi connectivity index (χ0n) is 18.4. The Kier molecular flexibility index (Phi) is 8.35. The zero-order valence-corrected chi connectivity index (χ0v) is 20.7. The number of rotatable bonds is 8. The number of anilines is 1. The normalized spacial score (nSPS) is 10.9. The summed E-state index contributed by atoms with van der Waals surface area (Å²) in [6, 6.07) is 13.6. The van der Waals surface area contributed by atoms with Gasteiger partial charge in [0.05, 0.1) is 21.4 Å². The molecule has 0 saturated heterocycles. The monoisotopic (exact) mass is 574 g/mol. The quantitative estimate of drug-likeness (QED) is 0.209. The van der Waals surface area contributed by atoms with E-state index in [0.29, 0.717) is 10.2 Å². The fourth-order valence-corrected chi connectivity index (χ4v) is 3.71. The van der Waals surface area contributed by atoms with Gasteiger partial charge in [0.15, 0.2) is 0 Å². The van der Waals surface area contributed by atoms with Crippen molar-refractivity contribution in [2.24, 2.45) is 0 Å². The molecule has 0 aromatic heterocycles. The number of nitrogens with zero attached hydrogens (tertiary/aromatic N) is 2. The maximum absolute atomic E-state index is 13.1. The summed E-state index contributed by atoms with van der Waals surface area (Å²) in [5, 5.41) is 27.1. The number of amides is 2. The van der Waals surface area contributed by atoms with E-state index in [0.717, 1.165) is 6.07 Å². The van der Waals surface area contributed by atoms with E-state index in [2.05, 4.69) is 26.6 Å². The average Bonchev–Trinajstić information content (AvgIpc) is 2.84.